The topological polar surface area (TPSA) is 168 Å². The molecular weight excluding hydrogens is 473 g/mol. The van der Waals surface area contributed by atoms with Crippen LogP contribution in [0.25, 0.3) is 0 Å². The van der Waals surface area contributed by atoms with E-state index in [1.54, 1.807) is 0 Å². The van der Waals surface area contributed by atoms with Gasteiger partial charge in [-0.3, -0.25) is 10.7 Å². The highest BCUT2D eigenvalue weighted by atomic mass is 79.9. The minimum atomic E-state index is -3.77. The molecule has 0 unspecified atom stereocenters. The van der Waals surface area contributed by atoms with Crippen LogP contribution in [0.2, 0.25) is 0 Å². The molecule has 2 aromatic rings. The van der Waals surface area contributed by atoms with E-state index in [0.29, 0.717) is 18.7 Å². The Morgan fingerprint density at radius 2 is 2.14 bits per heavy atom. The van der Waals surface area contributed by atoms with Gasteiger partial charge >= 0.3 is 0 Å². The van der Waals surface area contributed by atoms with E-state index in [1.165, 1.54) is 18.2 Å². The molecule has 160 valence electrons. The van der Waals surface area contributed by atoms with E-state index in [2.05, 4.69) is 41.3 Å². The van der Waals surface area contributed by atoms with Crippen molar-refractivity contribution >= 4 is 43.5 Å². The first-order valence-corrected chi connectivity index (χ1v) is 10.6. The number of hydroxylamine groups is 1. The molecule has 0 spiro atoms. The largest absolute Gasteiger partial charge is 0.365 e. The molecule has 1 aromatic carbocycles. The molecule has 6 N–H and O–H groups in total. The van der Waals surface area contributed by atoms with Gasteiger partial charge in [-0.05, 0) is 56.3 Å². The lowest BCUT2D eigenvalue weighted by Crippen LogP contribution is -2.38. The normalized spacial score (nSPS) is 12.8. The number of nitrogens with zero attached hydrogens (tertiary/aromatic N) is 3. The molecule has 1 heterocycles. The summed E-state index contributed by atoms with van der Waals surface area (Å²) in [5.74, 6) is -0.309. The Balaban J connectivity index is 2.07. The second-order valence-corrected chi connectivity index (χ2v) is 9.07. The number of benzene rings is 1. The highest BCUT2D eigenvalue weighted by molar-refractivity contribution is 9.10. The van der Waals surface area contributed by atoms with E-state index in [9.17, 15) is 18.0 Å². The summed E-state index contributed by atoms with van der Waals surface area (Å²) in [6, 6.07) is 4.06. The van der Waals surface area contributed by atoms with Crippen LogP contribution >= 0.6 is 15.9 Å². The number of amidine groups is 1. The summed E-state index contributed by atoms with van der Waals surface area (Å²) in [6.07, 6.45) is 0.547. The molecule has 0 saturated carbocycles. The van der Waals surface area contributed by atoms with E-state index < -0.39 is 21.4 Å². The van der Waals surface area contributed by atoms with Gasteiger partial charge in [-0.25, -0.2) is 23.9 Å². The fourth-order valence-corrected chi connectivity index (χ4v) is 3.14. The van der Waals surface area contributed by atoms with E-state index in [4.69, 9.17) is 9.77 Å². The molecule has 0 fully saturated rings. The molecule has 0 bridgehead atoms. The van der Waals surface area contributed by atoms with Crippen molar-refractivity contribution in [3.63, 3.8) is 0 Å². The average molecular weight is 494 g/mol. The molecule has 0 aliphatic heterocycles. The zero-order chi connectivity index (χ0) is 21.7. The molecule has 0 radical (unpaired) electrons. The van der Waals surface area contributed by atoms with E-state index >= 15 is 0 Å². The highest BCUT2D eigenvalue weighted by Gasteiger charge is 2.21. The molecule has 29 heavy (non-hydrogen) atoms. The number of hydrogen-bond donors (Lipinski definition) is 5. The van der Waals surface area contributed by atoms with Gasteiger partial charge in [0.25, 0.3) is 10.2 Å². The molecule has 0 amide bonds. The third-order valence-corrected chi connectivity index (χ3v) is 4.96. The number of halogens is 2. The number of nitrogens with two attached hydrogens (primary N) is 1. The maximum atomic E-state index is 13.4. The first-order chi connectivity index (χ1) is 13.5. The van der Waals surface area contributed by atoms with Gasteiger partial charge in [-0.2, -0.15) is 8.42 Å². The van der Waals surface area contributed by atoms with Crippen molar-refractivity contribution in [1.82, 2.24) is 20.5 Å². The van der Waals surface area contributed by atoms with Crippen molar-refractivity contribution in [3.05, 3.63) is 34.2 Å². The van der Waals surface area contributed by atoms with Crippen LogP contribution in [0, 0.1) is 11.2 Å². The number of nitrogens with one attached hydrogen (secondary N) is 3. The van der Waals surface area contributed by atoms with E-state index in [1.807, 2.05) is 19.3 Å². The van der Waals surface area contributed by atoms with Gasteiger partial charge in [0.05, 0.1) is 10.2 Å². The van der Waals surface area contributed by atoms with Gasteiger partial charge < -0.3 is 5.32 Å². The highest BCUT2D eigenvalue weighted by Crippen LogP contribution is 2.24. The summed E-state index contributed by atoms with van der Waals surface area (Å²) >= 11 is 3.06. The van der Waals surface area contributed by atoms with Crippen LogP contribution in [0.5, 0.6) is 0 Å². The Labute approximate surface area is 175 Å². The number of rotatable bonds is 9. The molecule has 0 aliphatic carbocycles. The van der Waals surface area contributed by atoms with Crippen molar-refractivity contribution < 1.29 is 22.6 Å². The van der Waals surface area contributed by atoms with Crippen molar-refractivity contribution in [2.24, 2.45) is 15.5 Å². The van der Waals surface area contributed by atoms with Crippen molar-refractivity contribution in [2.75, 3.05) is 18.4 Å². The third-order valence-electron chi connectivity index (χ3n) is 3.81. The number of anilines is 1. The molecular formula is C15H21BrFN7O4S. The lowest BCUT2D eigenvalue weighted by molar-refractivity contribution is 0.234. The third kappa shape index (κ3) is 7.32. The monoisotopic (exact) mass is 493 g/mol. The van der Waals surface area contributed by atoms with Crippen LogP contribution in [0.3, 0.4) is 0 Å². The van der Waals surface area contributed by atoms with Gasteiger partial charge in [0, 0.05) is 13.1 Å². The van der Waals surface area contributed by atoms with Crippen LogP contribution in [-0.2, 0) is 10.2 Å². The van der Waals surface area contributed by atoms with Gasteiger partial charge in [-0.15, -0.1) is 0 Å². The number of hydrogen-bond acceptors (Lipinski definition) is 8. The minimum absolute atomic E-state index is 0.0672. The van der Waals surface area contributed by atoms with Crippen LogP contribution in [-0.4, -0.2) is 42.9 Å². The van der Waals surface area contributed by atoms with E-state index in [-0.39, 0.29) is 28.4 Å². The Morgan fingerprint density at radius 1 is 1.41 bits per heavy atom. The Hall–Kier alpha value is -2.13. The summed E-state index contributed by atoms with van der Waals surface area (Å²) in [4.78, 5) is 4.16. The predicted molar refractivity (Wildman–Crippen MR) is 108 cm³/mol. The minimum Gasteiger partial charge on any atom is -0.365 e. The SMILES string of the molecule is CC(C)(CCNc1nonc1C(=Nc1ccc(F)c(Br)c1)NO)CNS(N)(=O)=O. The summed E-state index contributed by atoms with van der Waals surface area (Å²) in [6.45, 7) is 4.27. The predicted octanol–water partition coefficient (Wildman–Crippen LogP) is 1.65. The first kappa shape index (κ1) is 23.2. The standard InChI is InChI=1S/C15H21BrFN7O4S/c1-15(2,8-20-29(18,26)27)5-6-19-13-12(23-28-24-13)14(22-25)21-9-3-4-11(17)10(16)7-9/h3-4,7,20,25H,5-6,8H2,1-2H3,(H,19,24)(H,21,22)(H2,18,26,27). The van der Waals surface area contributed by atoms with Gasteiger partial charge in [0.1, 0.15) is 5.82 Å². The maximum Gasteiger partial charge on any atom is 0.274 e. The van der Waals surface area contributed by atoms with E-state index in [0.717, 1.165) is 0 Å². The lowest BCUT2D eigenvalue weighted by Gasteiger charge is -2.24. The van der Waals surface area contributed by atoms with Crippen LogP contribution < -0.4 is 20.7 Å². The van der Waals surface area contributed by atoms with Gasteiger partial charge in [0.2, 0.25) is 5.82 Å². The van der Waals surface area contributed by atoms with Gasteiger partial charge in [-0.1, -0.05) is 13.8 Å². The first-order valence-electron chi connectivity index (χ1n) is 8.29. The molecule has 0 atom stereocenters. The Bertz CT molecular complexity index is 981. The number of aliphatic imine (C=N–C) groups is 1. The van der Waals surface area contributed by atoms with Crippen molar-refractivity contribution in [1.29, 1.82) is 0 Å². The molecule has 0 saturated heterocycles. The quantitative estimate of drug-likeness (QED) is 0.199. The summed E-state index contributed by atoms with van der Waals surface area (Å²) in [7, 11) is -3.77. The number of aromatic nitrogens is 2. The smallest absolute Gasteiger partial charge is 0.274 e. The molecule has 11 nitrogen and oxygen atoms in total. The fraction of sp³-hybridized carbons (Fsp3) is 0.400. The fourth-order valence-electron chi connectivity index (χ4n) is 2.18. The van der Waals surface area contributed by atoms with Gasteiger partial charge in [0.15, 0.2) is 11.5 Å². The van der Waals surface area contributed by atoms with Crippen molar-refractivity contribution in [2.45, 2.75) is 20.3 Å². The summed E-state index contributed by atoms with van der Waals surface area (Å²) in [5.41, 5.74) is 1.97. The van der Waals surface area contributed by atoms with Crippen LogP contribution in [0.1, 0.15) is 26.0 Å². The zero-order valence-corrected chi connectivity index (χ0v) is 18.0. The summed E-state index contributed by atoms with van der Waals surface area (Å²) in [5, 5.41) is 24.8. The second kappa shape index (κ2) is 9.58. The average Bonchev–Trinajstić information content (AvgIpc) is 3.09. The Kier molecular flexibility index (Phi) is 7.65. The summed E-state index contributed by atoms with van der Waals surface area (Å²) < 4.78 is 42.6. The molecule has 14 heteroatoms. The molecule has 2 rings (SSSR count). The maximum absolute atomic E-state index is 13.4. The lowest BCUT2D eigenvalue weighted by atomic mass is 9.90. The van der Waals surface area contributed by atoms with Crippen LogP contribution in [0.15, 0.2) is 32.3 Å². The zero-order valence-electron chi connectivity index (χ0n) is 15.6. The van der Waals surface area contributed by atoms with Crippen LogP contribution in [0.4, 0.5) is 15.9 Å². The second-order valence-electron chi connectivity index (χ2n) is 6.84. The Morgan fingerprint density at radius 3 is 2.76 bits per heavy atom. The molecule has 0 aliphatic rings. The van der Waals surface area contributed by atoms with Crippen molar-refractivity contribution in [3.8, 4) is 0 Å². The molecule has 1 aromatic heterocycles.